The van der Waals surface area contributed by atoms with E-state index in [0.29, 0.717) is 0 Å². The highest BCUT2D eigenvalue weighted by molar-refractivity contribution is 9.10. The van der Waals surface area contributed by atoms with E-state index in [0.717, 1.165) is 12.1 Å². The van der Waals surface area contributed by atoms with Crippen LogP contribution in [0.15, 0.2) is 21.5 Å². The van der Waals surface area contributed by atoms with E-state index >= 15 is 0 Å². The van der Waals surface area contributed by atoms with Crippen LogP contribution < -0.4 is 10.5 Å². The normalized spacial score (nSPS) is 12.7. The molecule has 108 valence electrons. The first-order chi connectivity index (χ1) is 8.59. The van der Waals surface area contributed by atoms with Gasteiger partial charge in [-0.1, -0.05) is 0 Å². The van der Waals surface area contributed by atoms with Gasteiger partial charge in [0.1, 0.15) is 5.82 Å². The van der Waals surface area contributed by atoms with Crippen molar-refractivity contribution in [2.45, 2.75) is 30.7 Å². The van der Waals surface area contributed by atoms with Crippen LogP contribution in [0.1, 0.15) is 20.3 Å². The summed E-state index contributed by atoms with van der Waals surface area (Å²) in [7, 11) is -3.86. The van der Waals surface area contributed by atoms with Crippen LogP contribution in [0.3, 0.4) is 0 Å². The van der Waals surface area contributed by atoms with Gasteiger partial charge in [0.15, 0.2) is 0 Å². The summed E-state index contributed by atoms with van der Waals surface area (Å²) in [5, 5.41) is 8.89. The average Bonchev–Trinajstić information content (AvgIpc) is 2.21. The van der Waals surface area contributed by atoms with Gasteiger partial charge in [-0.25, -0.2) is 17.5 Å². The highest BCUT2D eigenvalue weighted by Gasteiger charge is 2.27. The number of benzene rings is 1. The van der Waals surface area contributed by atoms with E-state index in [1.165, 1.54) is 0 Å². The van der Waals surface area contributed by atoms with Gasteiger partial charge in [-0.05, 0) is 48.3 Å². The number of anilines is 1. The maximum Gasteiger partial charge on any atom is 0.242 e. The third-order valence-electron chi connectivity index (χ3n) is 2.49. The van der Waals surface area contributed by atoms with Gasteiger partial charge in [-0.3, -0.25) is 0 Å². The minimum absolute atomic E-state index is 0.0894. The molecule has 1 rings (SSSR count). The Bertz CT molecular complexity index is 576. The van der Waals surface area contributed by atoms with Crippen LogP contribution >= 0.6 is 15.9 Å². The molecule has 0 aliphatic rings. The quantitative estimate of drug-likeness (QED) is 0.700. The Balaban J connectivity index is 3.18. The molecule has 0 saturated heterocycles. The van der Waals surface area contributed by atoms with E-state index in [1.54, 1.807) is 13.8 Å². The summed E-state index contributed by atoms with van der Waals surface area (Å²) in [5.41, 5.74) is 4.31. The van der Waals surface area contributed by atoms with Gasteiger partial charge in [-0.15, -0.1) is 0 Å². The lowest BCUT2D eigenvalue weighted by molar-refractivity contribution is 0.245. The van der Waals surface area contributed by atoms with Crippen molar-refractivity contribution in [1.82, 2.24) is 4.72 Å². The van der Waals surface area contributed by atoms with Gasteiger partial charge >= 0.3 is 0 Å². The van der Waals surface area contributed by atoms with E-state index in [4.69, 9.17) is 10.8 Å². The average molecular weight is 355 g/mol. The van der Waals surface area contributed by atoms with Gasteiger partial charge in [-0.2, -0.15) is 0 Å². The maximum atomic E-state index is 13.2. The number of hydrogen-bond donors (Lipinski definition) is 3. The number of rotatable bonds is 5. The molecule has 0 aliphatic carbocycles. The summed E-state index contributed by atoms with van der Waals surface area (Å²) in [5.74, 6) is -0.694. The van der Waals surface area contributed by atoms with Crippen molar-refractivity contribution in [1.29, 1.82) is 0 Å². The number of sulfonamides is 1. The van der Waals surface area contributed by atoms with Crippen molar-refractivity contribution in [2.24, 2.45) is 0 Å². The predicted molar refractivity (Wildman–Crippen MR) is 74.6 cm³/mol. The molecule has 4 N–H and O–H groups in total. The van der Waals surface area contributed by atoms with Crippen molar-refractivity contribution in [3.05, 3.63) is 22.4 Å². The van der Waals surface area contributed by atoms with Gasteiger partial charge < -0.3 is 10.8 Å². The molecule has 0 amide bonds. The van der Waals surface area contributed by atoms with Gasteiger partial charge in [0.25, 0.3) is 0 Å². The second-order valence-corrected chi connectivity index (χ2v) is 7.27. The number of hydrogen-bond acceptors (Lipinski definition) is 4. The maximum absolute atomic E-state index is 13.2. The Morgan fingerprint density at radius 3 is 2.58 bits per heavy atom. The Hall–Kier alpha value is -0.700. The molecule has 19 heavy (non-hydrogen) atoms. The van der Waals surface area contributed by atoms with E-state index < -0.39 is 21.4 Å². The van der Waals surface area contributed by atoms with Crippen molar-refractivity contribution < 1.29 is 17.9 Å². The molecule has 0 atom stereocenters. The zero-order chi connectivity index (χ0) is 14.8. The van der Waals surface area contributed by atoms with Crippen LogP contribution in [-0.2, 0) is 10.0 Å². The smallest absolute Gasteiger partial charge is 0.242 e. The number of aliphatic hydroxyl groups excluding tert-OH is 1. The van der Waals surface area contributed by atoms with Gasteiger partial charge in [0.2, 0.25) is 10.0 Å². The van der Waals surface area contributed by atoms with Crippen LogP contribution in [0.25, 0.3) is 0 Å². The molecule has 0 fully saturated rings. The molecular formula is C11H16BrFN2O3S. The SMILES string of the molecule is CC(C)(CCO)NS(=O)(=O)c1cc(N)c(F)cc1Br. The zero-order valence-corrected chi connectivity index (χ0v) is 13.0. The molecule has 0 saturated carbocycles. The molecule has 0 aromatic heterocycles. The van der Waals surface area contributed by atoms with Crippen LogP contribution in [-0.4, -0.2) is 25.7 Å². The van der Waals surface area contributed by atoms with Crippen LogP contribution in [0, 0.1) is 5.82 Å². The lowest BCUT2D eigenvalue weighted by atomic mass is 10.0. The van der Waals surface area contributed by atoms with E-state index in [1.807, 2.05) is 0 Å². The summed E-state index contributed by atoms with van der Waals surface area (Å²) in [6.45, 7) is 3.13. The topological polar surface area (TPSA) is 92.4 Å². The van der Waals surface area contributed by atoms with E-state index in [-0.39, 0.29) is 28.1 Å². The number of nitrogens with one attached hydrogen (secondary N) is 1. The largest absolute Gasteiger partial charge is 0.396 e. The monoisotopic (exact) mass is 354 g/mol. The Labute approximate surface area is 120 Å². The lowest BCUT2D eigenvalue weighted by Gasteiger charge is -2.25. The first-order valence-electron chi connectivity index (χ1n) is 5.48. The molecule has 0 radical (unpaired) electrons. The Morgan fingerprint density at radius 2 is 2.05 bits per heavy atom. The van der Waals surface area contributed by atoms with Gasteiger partial charge in [0.05, 0.1) is 10.6 Å². The summed E-state index contributed by atoms with van der Waals surface area (Å²) >= 11 is 3.00. The second kappa shape index (κ2) is 5.74. The molecule has 8 heteroatoms. The predicted octanol–water partition coefficient (Wildman–Crippen LogP) is 1.61. The molecule has 1 aromatic carbocycles. The zero-order valence-electron chi connectivity index (χ0n) is 10.6. The fourth-order valence-electron chi connectivity index (χ4n) is 1.50. The van der Waals surface area contributed by atoms with E-state index in [9.17, 15) is 12.8 Å². The number of nitrogens with two attached hydrogens (primary N) is 1. The van der Waals surface area contributed by atoms with Crippen LogP contribution in [0.4, 0.5) is 10.1 Å². The fraction of sp³-hybridized carbons (Fsp3) is 0.455. The van der Waals surface area contributed by atoms with Crippen molar-refractivity contribution in [3.8, 4) is 0 Å². The van der Waals surface area contributed by atoms with Crippen LogP contribution in [0.2, 0.25) is 0 Å². The summed E-state index contributed by atoms with van der Waals surface area (Å²) in [4.78, 5) is -0.141. The number of halogens is 2. The first-order valence-corrected chi connectivity index (χ1v) is 7.76. The highest BCUT2D eigenvalue weighted by atomic mass is 79.9. The second-order valence-electron chi connectivity index (χ2n) is 4.77. The van der Waals surface area contributed by atoms with Gasteiger partial charge in [0, 0.05) is 16.6 Å². The summed E-state index contributed by atoms with van der Waals surface area (Å²) in [6.07, 6.45) is 0.251. The number of nitrogen functional groups attached to an aromatic ring is 1. The highest BCUT2D eigenvalue weighted by Crippen LogP contribution is 2.27. The third-order valence-corrected chi connectivity index (χ3v) is 5.14. The minimum Gasteiger partial charge on any atom is -0.396 e. The summed E-state index contributed by atoms with van der Waals surface area (Å²) < 4.78 is 40.1. The Kier molecular flexibility index (Phi) is 4.94. The lowest BCUT2D eigenvalue weighted by Crippen LogP contribution is -2.44. The molecule has 0 spiro atoms. The fourth-order valence-corrected chi connectivity index (χ4v) is 3.99. The number of aliphatic hydroxyl groups is 1. The minimum atomic E-state index is -3.86. The first kappa shape index (κ1) is 16.4. The molecule has 5 nitrogen and oxygen atoms in total. The van der Waals surface area contributed by atoms with Crippen molar-refractivity contribution in [2.75, 3.05) is 12.3 Å². The van der Waals surface area contributed by atoms with Crippen LogP contribution in [0.5, 0.6) is 0 Å². The Morgan fingerprint density at radius 1 is 1.47 bits per heavy atom. The van der Waals surface area contributed by atoms with Crippen molar-refractivity contribution in [3.63, 3.8) is 0 Å². The molecule has 0 heterocycles. The van der Waals surface area contributed by atoms with Crippen molar-refractivity contribution >= 4 is 31.6 Å². The van der Waals surface area contributed by atoms with E-state index in [2.05, 4.69) is 20.7 Å². The third kappa shape index (κ3) is 4.13. The molecular weight excluding hydrogens is 339 g/mol. The molecule has 0 unspecified atom stereocenters. The molecule has 0 bridgehead atoms. The molecule has 0 aliphatic heterocycles. The standard InChI is InChI=1S/C11H16BrFN2O3S/c1-11(2,3-4-16)15-19(17,18)10-6-9(14)8(13)5-7(10)12/h5-6,15-16H,3-4,14H2,1-2H3. The molecule has 1 aromatic rings. The summed E-state index contributed by atoms with van der Waals surface area (Å²) in [6, 6.07) is 2.06.